The molecule has 0 aliphatic heterocycles. The zero-order chi connectivity index (χ0) is 13.0. The highest BCUT2D eigenvalue weighted by atomic mass is 16.3. The van der Waals surface area contributed by atoms with Gasteiger partial charge in [-0.2, -0.15) is 0 Å². The highest BCUT2D eigenvalue weighted by Gasteiger charge is 2.16. The Balaban J connectivity index is 2.32. The van der Waals surface area contributed by atoms with Crippen molar-refractivity contribution in [1.82, 2.24) is 4.98 Å². The molecule has 2 aromatic rings. The molecule has 1 aromatic carbocycles. The molecule has 0 unspecified atom stereocenters. The third-order valence-electron chi connectivity index (χ3n) is 2.59. The molecule has 1 amide bonds. The first-order chi connectivity index (χ1) is 8.72. The summed E-state index contributed by atoms with van der Waals surface area (Å²) in [5, 5.41) is 9.46. The summed E-state index contributed by atoms with van der Waals surface area (Å²) >= 11 is 0. The van der Waals surface area contributed by atoms with Crippen LogP contribution in [0.25, 0.3) is 0 Å². The molecular formula is C14H14N2O2. The predicted octanol–water partition coefficient (Wildman–Crippen LogP) is 2.45. The minimum Gasteiger partial charge on any atom is -0.508 e. The van der Waals surface area contributed by atoms with Crippen LogP contribution in [-0.4, -0.2) is 22.5 Å². The average molecular weight is 242 g/mol. The van der Waals surface area contributed by atoms with Crippen LogP contribution in [0.5, 0.6) is 5.75 Å². The zero-order valence-corrected chi connectivity index (χ0v) is 10.1. The van der Waals surface area contributed by atoms with Crippen LogP contribution in [0.15, 0.2) is 48.7 Å². The predicted molar refractivity (Wildman–Crippen MR) is 69.7 cm³/mol. The molecule has 1 aromatic heterocycles. The van der Waals surface area contributed by atoms with E-state index in [1.54, 1.807) is 53.6 Å². The van der Waals surface area contributed by atoms with E-state index in [-0.39, 0.29) is 11.7 Å². The summed E-state index contributed by atoms with van der Waals surface area (Å²) in [5.74, 6) is -0.0385. The molecule has 0 atom stereocenters. The second kappa shape index (κ2) is 5.31. The number of carbonyl (C=O) groups is 1. The van der Waals surface area contributed by atoms with E-state index in [0.29, 0.717) is 17.9 Å². The third kappa shape index (κ3) is 2.48. The van der Waals surface area contributed by atoms with Gasteiger partial charge in [-0.05, 0) is 31.2 Å². The van der Waals surface area contributed by atoms with Gasteiger partial charge in [0.2, 0.25) is 0 Å². The van der Waals surface area contributed by atoms with Crippen molar-refractivity contribution in [2.24, 2.45) is 0 Å². The summed E-state index contributed by atoms with van der Waals surface area (Å²) < 4.78 is 0. The van der Waals surface area contributed by atoms with Crippen LogP contribution in [-0.2, 0) is 0 Å². The Morgan fingerprint density at radius 2 is 2.11 bits per heavy atom. The smallest absolute Gasteiger partial charge is 0.276 e. The van der Waals surface area contributed by atoms with E-state index in [2.05, 4.69) is 4.98 Å². The van der Waals surface area contributed by atoms with Crippen molar-refractivity contribution in [3.8, 4) is 5.75 Å². The molecule has 4 nitrogen and oxygen atoms in total. The van der Waals surface area contributed by atoms with Crippen molar-refractivity contribution in [2.45, 2.75) is 6.92 Å². The van der Waals surface area contributed by atoms with E-state index in [1.165, 1.54) is 0 Å². The van der Waals surface area contributed by atoms with E-state index in [9.17, 15) is 9.90 Å². The van der Waals surface area contributed by atoms with Gasteiger partial charge >= 0.3 is 0 Å². The summed E-state index contributed by atoms with van der Waals surface area (Å²) in [5.41, 5.74) is 1.05. The van der Waals surface area contributed by atoms with Crippen molar-refractivity contribution in [1.29, 1.82) is 0 Å². The average Bonchev–Trinajstić information content (AvgIpc) is 2.40. The van der Waals surface area contributed by atoms with Crippen LogP contribution in [0.1, 0.15) is 17.4 Å². The maximum atomic E-state index is 12.3. The molecule has 2 rings (SSSR count). The molecule has 0 saturated heterocycles. The first-order valence-corrected chi connectivity index (χ1v) is 5.74. The fourth-order valence-corrected chi connectivity index (χ4v) is 1.73. The van der Waals surface area contributed by atoms with E-state index in [1.807, 2.05) is 6.92 Å². The quantitative estimate of drug-likeness (QED) is 0.899. The molecular weight excluding hydrogens is 228 g/mol. The number of amides is 1. The van der Waals surface area contributed by atoms with Gasteiger partial charge in [0, 0.05) is 24.5 Å². The molecule has 18 heavy (non-hydrogen) atoms. The van der Waals surface area contributed by atoms with Crippen LogP contribution >= 0.6 is 0 Å². The molecule has 1 heterocycles. The fraction of sp³-hybridized carbons (Fsp3) is 0.143. The topological polar surface area (TPSA) is 53.4 Å². The number of pyridine rings is 1. The molecule has 0 spiro atoms. The lowest BCUT2D eigenvalue weighted by atomic mass is 10.2. The molecule has 0 saturated carbocycles. The van der Waals surface area contributed by atoms with Crippen LogP contribution in [0.3, 0.4) is 0 Å². The van der Waals surface area contributed by atoms with Gasteiger partial charge in [-0.25, -0.2) is 0 Å². The number of phenols is 1. The minimum atomic E-state index is -0.177. The molecule has 0 aliphatic rings. The van der Waals surface area contributed by atoms with E-state index < -0.39 is 0 Å². The molecule has 4 heteroatoms. The number of hydrogen-bond acceptors (Lipinski definition) is 3. The van der Waals surface area contributed by atoms with Crippen LogP contribution < -0.4 is 4.90 Å². The molecule has 0 aliphatic carbocycles. The maximum Gasteiger partial charge on any atom is 0.276 e. The van der Waals surface area contributed by atoms with Gasteiger partial charge in [-0.1, -0.05) is 12.1 Å². The lowest BCUT2D eigenvalue weighted by Gasteiger charge is -2.20. The number of aromatic hydroxyl groups is 1. The van der Waals surface area contributed by atoms with Gasteiger partial charge in [0.1, 0.15) is 11.4 Å². The number of anilines is 1. The van der Waals surface area contributed by atoms with Gasteiger partial charge in [-0.3, -0.25) is 9.78 Å². The van der Waals surface area contributed by atoms with Crippen molar-refractivity contribution in [3.63, 3.8) is 0 Å². The Labute approximate surface area is 106 Å². The monoisotopic (exact) mass is 242 g/mol. The highest BCUT2D eigenvalue weighted by Crippen LogP contribution is 2.21. The molecule has 0 bridgehead atoms. The van der Waals surface area contributed by atoms with E-state index in [4.69, 9.17) is 0 Å². The largest absolute Gasteiger partial charge is 0.508 e. The third-order valence-corrected chi connectivity index (χ3v) is 2.59. The van der Waals surface area contributed by atoms with Crippen LogP contribution in [0.2, 0.25) is 0 Å². The van der Waals surface area contributed by atoms with Gasteiger partial charge in [0.05, 0.1) is 0 Å². The number of phenolic OH excluding ortho intramolecular Hbond substituents is 1. The van der Waals surface area contributed by atoms with Gasteiger partial charge in [0.25, 0.3) is 5.91 Å². The van der Waals surface area contributed by atoms with Crippen molar-refractivity contribution in [3.05, 3.63) is 54.4 Å². The summed E-state index contributed by atoms with van der Waals surface area (Å²) in [6.45, 7) is 2.39. The molecule has 92 valence electrons. The van der Waals surface area contributed by atoms with Crippen molar-refractivity contribution >= 4 is 11.6 Å². The Bertz CT molecular complexity index is 541. The first-order valence-electron chi connectivity index (χ1n) is 5.74. The Hall–Kier alpha value is -2.36. The van der Waals surface area contributed by atoms with Crippen molar-refractivity contribution < 1.29 is 9.90 Å². The second-order valence-electron chi connectivity index (χ2n) is 3.78. The minimum absolute atomic E-state index is 0.139. The first kappa shape index (κ1) is 12.1. The van der Waals surface area contributed by atoms with E-state index >= 15 is 0 Å². The lowest BCUT2D eigenvalue weighted by Crippen LogP contribution is -2.31. The van der Waals surface area contributed by atoms with E-state index in [0.717, 1.165) is 0 Å². The standard InChI is InChI=1S/C14H14N2O2/c1-2-16(11-6-5-7-12(17)10-11)14(18)13-8-3-4-9-15-13/h3-10,17H,2H2,1H3. The normalized spacial score (nSPS) is 10.1. The Morgan fingerprint density at radius 3 is 2.72 bits per heavy atom. The van der Waals surface area contributed by atoms with Crippen molar-refractivity contribution in [2.75, 3.05) is 11.4 Å². The van der Waals surface area contributed by atoms with Crippen LogP contribution in [0.4, 0.5) is 5.69 Å². The number of rotatable bonds is 3. The zero-order valence-electron chi connectivity index (χ0n) is 10.1. The van der Waals surface area contributed by atoms with Gasteiger partial charge in [0.15, 0.2) is 0 Å². The summed E-state index contributed by atoms with van der Waals surface area (Å²) in [7, 11) is 0. The van der Waals surface area contributed by atoms with Crippen LogP contribution in [0, 0.1) is 0 Å². The Morgan fingerprint density at radius 1 is 1.28 bits per heavy atom. The summed E-state index contributed by atoms with van der Waals surface area (Å²) in [4.78, 5) is 17.9. The number of hydrogen-bond donors (Lipinski definition) is 1. The number of carbonyl (C=O) groups excluding carboxylic acids is 1. The number of benzene rings is 1. The van der Waals surface area contributed by atoms with Gasteiger partial charge < -0.3 is 10.0 Å². The molecule has 0 radical (unpaired) electrons. The SMILES string of the molecule is CCN(C(=O)c1ccccn1)c1cccc(O)c1. The number of nitrogens with zero attached hydrogens (tertiary/aromatic N) is 2. The summed E-state index contributed by atoms with van der Waals surface area (Å²) in [6, 6.07) is 11.8. The number of aromatic nitrogens is 1. The Kier molecular flexibility index (Phi) is 3.57. The molecule has 1 N–H and O–H groups in total. The maximum absolute atomic E-state index is 12.3. The second-order valence-corrected chi connectivity index (χ2v) is 3.78. The van der Waals surface area contributed by atoms with Gasteiger partial charge in [-0.15, -0.1) is 0 Å². The molecule has 0 fully saturated rings. The fourth-order valence-electron chi connectivity index (χ4n) is 1.73. The lowest BCUT2D eigenvalue weighted by molar-refractivity contribution is 0.0983. The summed E-state index contributed by atoms with van der Waals surface area (Å²) in [6.07, 6.45) is 1.59. The highest BCUT2D eigenvalue weighted by molar-refractivity contribution is 6.04.